The molecule has 0 saturated carbocycles. The predicted octanol–water partition coefficient (Wildman–Crippen LogP) is 3.38. The van der Waals surface area contributed by atoms with Crippen LogP contribution in [0, 0.1) is 5.92 Å². The van der Waals surface area contributed by atoms with E-state index in [2.05, 4.69) is 27.8 Å². The van der Waals surface area contributed by atoms with Gasteiger partial charge in [-0.25, -0.2) is 0 Å². The molecule has 5 heteroatoms. The molecule has 0 spiro atoms. The predicted molar refractivity (Wildman–Crippen MR) is 84.3 cm³/mol. The molecule has 2 atom stereocenters. The first kappa shape index (κ1) is 16.0. The van der Waals surface area contributed by atoms with Gasteiger partial charge in [0.05, 0.1) is 11.1 Å². The third kappa shape index (κ3) is 4.04. The first-order valence-electron chi connectivity index (χ1n) is 6.86. The lowest BCUT2D eigenvalue weighted by Gasteiger charge is -2.34. The highest BCUT2D eigenvalue weighted by Crippen LogP contribution is 2.23. The number of aliphatic hydroxyl groups excluding tert-OH is 1. The third-order valence-electron chi connectivity index (χ3n) is 3.89. The summed E-state index contributed by atoms with van der Waals surface area (Å²) in [6.45, 7) is 4.34. The van der Waals surface area contributed by atoms with Gasteiger partial charge in [0, 0.05) is 29.5 Å². The average Bonchev–Trinajstić information content (AvgIpc) is 2.40. The fourth-order valence-electron chi connectivity index (χ4n) is 2.43. The van der Waals surface area contributed by atoms with Crippen molar-refractivity contribution in [2.45, 2.75) is 25.9 Å². The third-order valence-corrected chi connectivity index (χ3v) is 4.70. The summed E-state index contributed by atoms with van der Waals surface area (Å²) in [6.07, 6.45) is 1.13. The van der Waals surface area contributed by atoms with Crippen LogP contribution in [0.5, 0.6) is 0 Å². The zero-order valence-corrected chi connectivity index (χ0v) is 13.8. The highest BCUT2D eigenvalue weighted by molar-refractivity contribution is 9.10. The summed E-state index contributed by atoms with van der Waals surface area (Å²) >= 11 is 9.41. The van der Waals surface area contributed by atoms with E-state index in [4.69, 9.17) is 11.6 Å². The highest BCUT2D eigenvalue weighted by atomic mass is 79.9. The minimum absolute atomic E-state index is 0.0515. The van der Waals surface area contributed by atoms with E-state index in [1.165, 1.54) is 0 Å². The van der Waals surface area contributed by atoms with E-state index in [1.807, 2.05) is 6.07 Å². The van der Waals surface area contributed by atoms with Crippen molar-refractivity contribution < 1.29 is 9.90 Å². The number of ketones is 1. The molecule has 1 N–H and O–H groups in total. The lowest BCUT2D eigenvalue weighted by atomic mass is 9.96. The summed E-state index contributed by atoms with van der Waals surface area (Å²) in [7, 11) is 0. The highest BCUT2D eigenvalue weighted by Gasteiger charge is 2.24. The van der Waals surface area contributed by atoms with Crippen LogP contribution in [0.1, 0.15) is 30.1 Å². The van der Waals surface area contributed by atoms with Crippen LogP contribution in [-0.2, 0) is 0 Å². The molecule has 1 aliphatic heterocycles. The van der Waals surface area contributed by atoms with Crippen LogP contribution in [-0.4, -0.2) is 41.5 Å². The number of rotatable bonds is 4. The number of carbonyl (C=O) groups is 1. The topological polar surface area (TPSA) is 40.5 Å². The van der Waals surface area contributed by atoms with E-state index in [1.54, 1.807) is 12.1 Å². The average molecular weight is 361 g/mol. The maximum atomic E-state index is 12.2. The molecule has 110 valence electrons. The number of hydrogen-bond acceptors (Lipinski definition) is 3. The Bertz CT molecular complexity index is 495. The van der Waals surface area contributed by atoms with Crippen LogP contribution >= 0.6 is 27.5 Å². The van der Waals surface area contributed by atoms with Gasteiger partial charge in [-0.2, -0.15) is 0 Å². The summed E-state index contributed by atoms with van der Waals surface area (Å²) in [5.41, 5.74) is 0.570. The fraction of sp³-hybridized carbons (Fsp3) is 0.533. The SMILES string of the molecule is CC1CCN(CCC(=O)c2ccc(Br)cc2Cl)CC1O. The number of β-amino-alcohol motifs (C(OH)–C–C–N with tert-alkyl or cyclic N) is 1. The summed E-state index contributed by atoms with van der Waals surface area (Å²) in [5.74, 6) is 0.401. The number of halogens is 2. The Morgan fingerprint density at radius 1 is 1.55 bits per heavy atom. The van der Waals surface area contributed by atoms with E-state index in [0.29, 0.717) is 36.0 Å². The number of benzene rings is 1. The molecule has 0 amide bonds. The normalized spacial score (nSPS) is 23.8. The lowest BCUT2D eigenvalue weighted by molar-refractivity contribution is 0.0287. The molecule has 0 bridgehead atoms. The van der Waals surface area contributed by atoms with Crippen molar-refractivity contribution in [3.63, 3.8) is 0 Å². The number of likely N-dealkylation sites (tertiary alicyclic amines) is 1. The van der Waals surface area contributed by atoms with Crippen molar-refractivity contribution in [1.29, 1.82) is 0 Å². The molecule has 0 aromatic heterocycles. The van der Waals surface area contributed by atoms with E-state index in [-0.39, 0.29) is 11.9 Å². The maximum Gasteiger partial charge on any atom is 0.165 e. The molecule has 1 saturated heterocycles. The molecule has 1 fully saturated rings. The number of Topliss-reactive ketones (excluding diaryl/α,β-unsaturated/α-hetero) is 1. The Hall–Kier alpha value is -0.420. The monoisotopic (exact) mass is 359 g/mol. The molecule has 2 rings (SSSR count). The van der Waals surface area contributed by atoms with Crippen LogP contribution in [0.3, 0.4) is 0 Å². The van der Waals surface area contributed by atoms with Gasteiger partial charge in [-0.3, -0.25) is 4.79 Å². The first-order valence-corrected chi connectivity index (χ1v) is 8.03. The van der Waals surface area contributed by atoms with Crippen LogP contribution in [0.25, 0.3) is 0 Å². The molecule has 3 nitrogen and oxygen atoms in total. The van der Waals surface area contributed by atoms with Gasteiger partial charge in [-0.15, -0.1) is 0 Å². The Balaban J connectivity index is 1.89. The Morgan fingerprint density at radius 2 is 2.30 bits per heavy atom. The number of nitrogens with zero attached hydrogens (tertiary/aromatic N) is 1. The lowest BCUT2D eigenvalue weighted by Crippen LogP contribution is -2.43. The molecule has 1 aromatic rings. The molecule has 20 heavy (non-hydrogen) atoms. The summed E-state index contributed by atoms with van der Waals surface area (Å²) < 4.78 is 0.868. The Kier molecular flexibility index (Phi) is 5.61. The van der Waals surface area contributed by atoms with Gasteiger partial charge in [-0.1, -0.05) is 34.5 Å². The summed E-state index contributed by atoms with van der Waals surface area (Å²) in [5, 5.41) is 10.3. The molecule has 1 heterocycles. The van der Waals surface area contributed by atoms with Crippen LogP contribution in [0.15, 0.2) is 22.7 Å². The number of carbonyl (C=O) groups excluding carboxylic acids is 1. The van der Waals surface area contributed by atoms with Crippen molar-refractivity contribution in [3.05, 3.63) is 33.3 Å². The number of hydrogen-bond donors (Lipinski definition) is 1. The smallest absolute Gasteiger partial charge is 0.165 e. The Morgan fingerprint density at radius 3 is 2.95 bits per heavy atom. The van der Waals surface area contributed by atoms with E-state index >= 15 is 0 Å². The molecule has 0 radical (unpaired) electrons. The van der Waals surface area contributed by atoms with Crippen molar-refractivity contribution in [2.24, 2.45) is 5.92 Å². The van der Waals surface area contributed by atoms with Gasteiger partial charge in [0.1, 0.15) is 0 Å². The van der Waals surface area contributed by atoms with Gasteiger partial charge in [0.2, 0.25) is 0 Å². The van der Waals surface area contributed by atoms with Crippen LogP contribution < -0.4 is 0 Å². The first-order chi connectivity index (χ1) is 9.47. The van der Waals surface area contributed by atoms with Crippen molar-refractivity contribution in [3.8, 4) is 0 Å². The number of piperidine rings is 1. The van der Waals surface area contributed by atoms with Crippen molar-refractivity contribution in [1.82, 2.24) is 4.90 Å². The second-order valence-electron chi connectivity index (χ2n) is 5.43. The van der Waals surface area contributed by atoms with Gasteiger partial charge < -0.3 is 10.0 Å². The van der Waals surface area contributed by atoms with Gasteiger partial charge in [-0.05, 0) is 37.1 Å². The molecular formula is C15H19BrClNO2. The van der Waals surface area contributed by atoms with Gasteiger partial charge >= 0.3 is 0 Å². The minimum atomic E-state index is -0.282. The van der Waals surface area contributed by atoms with Gasteiger partial charge in [0.25, 0.3) is 0 Å². The minimum Gasteiger partial charge on any atom is -0.392 e. The van der Waals surface area contributed by atoms with E-state index in [9.17, 15) is 9.90 Å². The molecule has 1 aromatic carbocycles. The molecule has 2 unspecified atom stereocenters. The van der Waals surface area contributed by atoms with Crippen molar-refractivity contribution >= 4 is 33.3 Å². The molecular weight excluding hydrogens is 342 g/mol. The largest absolute Gasteiger partial charge is 0.392 e. The number of aliphatic hydroxyl groups is 1. The van der Waals surface area contributed by atoms with Crippen LogP contribution in [0.2, 0.25) is 5.02 Å². The summed E-state index contributed by atoms with van der Waals surface area (Å²) in [4.78, 5) is 14.3. The van der Waals surface area contributed by atoms with Crippen LogP contribution in [0.4, 0.5) is 0 Å². The maximum absolute atomic E-state index is 12.2. The van der Waals surface area contributed by atoms with Crippen molar-refractivity contribution in [2.75, 3.05) is 19.6 Å². The van der Waals surface area contributed by atoms with Gasteiger partial charge in [0.15, 0.2) is 5.78 Å². The molecule has 0 aliphatic carbocycles. The zero-order valence-electron chi connectivity index (χ0n) is 11.5. The Labute approximate surface area is 133 Å². The van der Waals surface area contributed by atoms with E-state index < -0.39 is 0 Å². The van der Waals surface area contributed by atoms with E-state index in [0.717, 1.165) is 17.4 Å². The quantitative estimate of drug-likeness (QED) is 0.837. The second-order valence-corrected chi connectivity index (χ2v) is 6.75. The standard InChI is InChI=1S/C15H19BrClNO2/c1-10-4-6-18(9-15(10)20)7-5-14(19)12-3-2-11(16)8-13(12)17/h2-3,8,10,15,20H,4-7,9H2,1H3. The summed E-state index contributed by atoms with van der Waals surface area (Å²) in [6, 6.07) is 5.31. The fourth-order valence-corrected chi connectivity index (χ4v) is 3.21. The zero-order chi connectivity index (χ0) is 14.7. The molecule has 1 aliphatic rings. The second kappa shape index (κ2) is 7.03.